The molecule has 0 unspecified atom stereocenters. The predicted molar refractivity (Wildman–Crippen MR) is 77.6 cm³/mol. The first-order valence-electron chi connectivity index (χ1n) is 6.05. The highest BCUT2D eigenvalue weighted by molar-refractivity contribution is 9.10. The molecular weight excluding hydrogens is 309 g/mol. The number of rotatable bonds is 5. The standard InChI is InChI=1S/C15H15BrFNO/c16-14-6-5-13(17)9-15(14)19-10-12-4-2-1-3-11(12)7-8-18/h1-6,9H,7-8,10,18H2. The molecule has 2 aromatic carbocycles. The van der Waals surface area contributed by atoms with Crippen LogP contribution in [0.4, 0.5) is 4.39 Å². The van der Waals surface area contributed by atoms with Gasteiger partial charge in [-0.15, -0.1) is 0 Å². The highest BCUT2D eigenvalue weighted by Crippen LogP contribution is 2.26. The Morgan fingerprint density at radius 3 is 2.58 bits per heavy atom. The van der Waals surface area contributed by atoms with Crippen molar-refractivity contribution in [2.24, 2.45) is 5.73 Å². The van der Waals surface area contributed by atoms with Crippen LogP contribution in [0.5, 0.6) is 5.75 Å². The van der Waals surface area contributed by atoms with Gasteiger partial charge in [-0.2, -0.15) is 0 Å². The highest BCUT2D eigenvalue weighted by atomic mass is 79.9. The second-order valence-electron chi connectivity index (χ2n) is 4.17. The lowest BCUT2D eigenvalue weighted by Gasteiger charge is -2.11. The van der Waals surface area contributed by atoms with E-state index >= 15 is 0 Å². The zero-order valence-corrected chi connectivity index (χ0v) is 12.0. The molecule has 0 saturated carbocycles. The quantitative estimate of drug-likeness (QED) is 0.911. The van der Waals surface area contributed by atoms with E-state index in [-0.39, 0.29) is 5.82 Å². The Morgan fingerprint density at radius 1 is 1.11 bits per heavy atom. The molecular formula is C15H15BrFNO. The zero-order chi connectivity index (χ0) is 13.7. The Balaban J connectivity index is 2.12. The number of hydrogen-bond donors (Lipinski definition) is 1. The molecule has 0 aliphatic rings. The van der Waals surface area contributed by atoms with E-state index < -0.39 is 0 Å². The van der Waals surface area contributed by atoms with Gasteiger partial charge in [0.1, 0.15) is 18.2 Å². The maximum Gasteiger partial charge on any atom is 0.136 e. The van der Waals surface area contributed by atoms with Crippen molar-refractivity contribution >= 4 is 15.9 Å². The molecule has 0 amide bonds. The van der Waals surface area contributed by atoms with Crippen molar-refractivity contribution in [3.63, 3.8) is 0 Å². The van der Waals surface area contributed by atoms with Gasteiger partial charge in [0.25, 0.3) is 0 Å². The molecule has 2 aromatic rings. The smallest absolute Gasteiger partial charge is 0.136 e. The summed E-state index contributed by atoms with van der Waals surface area (Å²) in [5.74, 6) is 0.191. The summed E-state index contributed by atoms with van der Waals surface area (Å²) in [6.07, 6.45) is 0.809. The van der Waals surface area contributed by atoms with Crippen molar-refractivity contribution in [1.82, 2.24) is 0 Å². The molecule has 2 N–H and O–H groups in total. The molecule has 2 nitrogen and oxygen atoms in total. The molecule has 0 radical (unpaired) electrons. The normalized spacial score (nSPS) is 10.5. The predicted octanol–water partition coefficient (Wildman–Crippen LogP) is 3.67. The van der Waals surface area contributed by atoms with Crippen LogP contribution in [0.1, 0.15) is 11.1 Å². The van der Waals surface area contributed by atoms with E-state index in [2.05, 4.69) is 15.9 Å². The third kappa shape index (κ3) is 3.78. The van der Waals surface area contributed by atoms with E-state index in [1.807, 2.05) is 24.3 Å². The van der Waals surface area contributed by atoms with E-state index in [1.54, 1.807) is 6.07 Å². The molecule has 0 heterocycles. The first kappa shape index (κ1) is 14.0. The first-order valence-corrected chi connectivity index (χ1v) is 6.84. The molecule has 0 saturated heterocycles. The largest absolute Gasteiger partial charge is 0.488 e. The minimum absolute atomic E-state index is 0.312. The van der Waals surface area contributed by atoms with E-state index in [4.69, 9.17) is 10.5 Å². The Bertz CT molecular complexity index is 560. The molecule has 0 spiro atoms. The van der Waals surface area contributed by atoms with Crippen LogP contribution in [-0.4, -0.2) is 6.54 Å². The fourth-order valence-corrected chi connectivity index (χ4v) is 2.20. The summed E-state index contributed by atoms with van der Waals surface area (Å²) >= 11 is 3.34. The molecule has 0 atom stereocenters. The number of hydrogen-bond acceptors (Lipinski definition) is 2. The van der Waals surface area contributed by atoms with Gasteiger partial charge in [0.15, 0.2) is 0 Å². The summed E-state index contributed by atoms with van der Waals surface area (Å²) in [6, 6.07) is 12.4. The van der Waals surface area contributed by atoms with Gasteiger partial charge in [-0.25, -0.2) is 4.39 Å². The van der Waals surface area contributed by atoms with Gasteiger partial charge in [0, 0.05) is 6.07 Å². The number of halogens is 2. The topological polar surface area (TPSA) is 35.2 Å². The third-order valence-electron chi connectivity index (χ3n) is 2.81. The zero-order valence-electron chi connectivity index (χ0n) is 10.4. The molecule has 100 valence electrons. The molecule has 0 aliphatic heterocycles. The molecule has 0 bridgehead atoms. The number of benzene rings is 2. The van der Waals surface area contributed by atoms with Crippen LogP contribution in [0.2, 0.25) is 0 Å². The van der Waals surface area contributed by atoms with Gasteiger partial charge in [-0.05, 0) is 52.2 Å². The Hall–Kier alpha value is -1.39. The third-order valence-corrected chi connectivity index (χ3v) is 3.46. The summed E-state index contributed by atoms with van der Waals surface area (Å²) in [4.78, 5) is 0. The van der Waals surface area contributed by atoms with Crippen LogP contribution in [0.3, 0.4) is 0 Å². The van der Waals surface area contributed by atoms with Crippen LogP contribution in [-0.2, 0) is 13.0 Å². The fourth-order valence-electron chi connectivity index (χ4n) is 1.84. The van der Waals surface area contributed by atoms with E-state index in [9.17, 15) is 4.39 Å². The van der Waals surface area contributed by atoms with Crippen molar-refractivity contribution in [3.05, 3.63) is 63.9 Å². The van der Waals surface area contributed by atoms with E-state index in [0.717, 1.165) is 22.0 Å². The first-order chi connectivity index (χ1) is 9.20. The van der Waals surface area contributed by atoms with Crippen LogP contribution in [0, 0.1) is 5.82 Å². The van der Waals surface area contributed by atoms with Crippen molar-refractivity contribution in [1.29, 1.82) is 0 Å². The highest BCUT2D eigenvalue weighted by Gasteiger charge is 2.06. The number of ether oxygens (including phenoxy) is 1. The average molecular weight is 324 g/mol. The van der Waals surface area contributed by atoms with Gasteiger partial charge in [0.2, 0.25) is 0 Å². The van der Waals surface area contributed by atoms with Gasteiger partial charge >= 0.3 is 0 Å². The van der Waals surface area contributed by atoms with Crippen molar-refractivity contribution < 1.29 is 9.13 Å². The summed E-state index contributed by atoms with van der Waals surface area (Å²) in [6.45, 7) is 0.999. The maximum atomic E-state index is 13.2. The molecule has 0 fully saturated rings. The number of nitrogens with two attached hydrogens (primary N) is 1. The van der Waals surface area contributed by atoms with Gasteiger partial charge in [-0.3, -0.25) is 0 Å². The summed E-state index contributed by atoms with van der Waals surface area (Å²) in [5, 5.41) is 0. The van der Waals surface area contributed by atoms with Gasteiger partial charge in [0.05, 0.1) is 4.47 Å². The minimum Gasteiger partial charge on any atom is -0.488 e. The lowest BCUT2D eigenvalue weighted by molar-refractivity contribution is 0.301. The van der Waals surface area contributed by atoms with Crippen LogP contribution < -0.4 is 10.5 Å². The summed E-state index contributed by atoms with van der Waals surface area (Å²) in [7, 11) is 0. The van der Waals surface area contributed by atoms with E-state index in [1.165, 1.54) is 12.1 Å². The van der Waals surface area contributed by atoms with Crippen LogP contribution >= 0.6 is 15.9 Å². The van der Waals surface area contributed by atoms with Crippen LogP contribution in [0.15, 0.2) is 46.9 Å². The molecule has 4 heteroatoms. The Labute approximate surface area is 120 Å². The SMILES string of the molecule is NCCc1ccccc1COc1cc(F)ccc1Br. The second kappa shape index (κ2) is 6.68. The lowest BCUT2D eigenvalue weighted by Crippen LogP contribution is -2.07. The molecule has 2 rings (SSSR count). The van der Waals surface area contributed by atoms with Crippen molar-refractivity contribution in [3.8, 4) is 5.75 Å². The van der Waals surface area contributed by atoms with E-state index in [0.29, 0.717) is 18.9 Å². The van der Waals surface area contributed by atoms with Gasteiger partial charge in [-0.1, -0.05) is 24.3 Å². The van der Waals surface area contributed by atoms with Crippen LogP contribution in [0.25, 0.3) is 0 Å². The van der Waals surface area contributed by atoms with Gasteiger partial charge < -0.3 is 10.5 Å². The molecule has 0 aliphatic carbocycles. The molecule has 19 heavy (non-hydrogen) atoms. The second-order valence-corrected chi connectivity index (χ2v) is 5.03. The molecule has 0 aromatic heterocycles. The van der Waals surface area contributed by atoms with Crippen molar-refractivity contribution in [2.75, 3.05) is 6.54 Å². The van der Waals surface area contributed by atoms with Crippen molar-refractivity contribution in [2.45, 2.75) is 13.0 Å². The Morgan fingerprint density at radius 2 is 1.84 bits per heavy atom. The monoisotopic (exact) mass is 323 g/mol. The average Bonchev–Trinajstić information content (AvgIpc) is 2.42. The lowest BCUT2D eigenvalue weighted by atomic mass is 10.1. The summed E-state index contributed by atoms with van der Waals surface area (Å²) in [5.41, 5.74) is 7.82. The minimum atomic E-state index is -0.312. The maximum absolute atomic E-state index is 13.2. The fraction of sp³-hybridized carbons (Fsp3) is 0.200. The summed E-state index contributed by atoms with van der Waals surface area (Å²) < 4.78 is 19.6. The Kier molecular flexibility index (Phi) is 4.93.